The molecular formula is C9H15N5O3. The molecule has 1 amide bonds. The number of fused-ring (bicyclic) bond motifs is 1. The predicted octanol–water partition coefficient (Wildman–Crippen LogP) is -2.05. The summed E-state index contributed by atoms with van der Waals surface area (Å²) in [7, 11) is 0. The lowest BCUT2D eigenvalue weighted by Crippen LogP contribution is -2.58. The van der Waals surface area contributed by atoms with Crippen molar-refractivity contribution in [2.45, 2.75) is 18.8 Å². The highest BCUT2D eigenvalue weighted by molar-refractivity contribution is 5.99. The molecule has 17 heavy (non-hydrogen) atoms. The lowest BCUT2D eigenvalue weighted by atomic mass is 10.2. The van der Waals surface area contributed by atoms with Crippen molar-refractivity contribution >= 4 is 11.7 Å². The summed E-state index contributed by atoms with van der Waals surface area (Å²) in [6.07, 6.45) is 0.295. The van der Waals surface area contributed by atoms with E-state index in [1.807, 2.05) is 0 Å². The molecule has 2 heterocycles. The van der Waals surface area contributed by atoms with E-state index in [0.29, 0.717) is 18.8 Å². The van der Waals surface area contributed by atoms with Gasteiger partial charge in [-0.3, -0.25) is 10.5 Å². The summed E-state index contributed by atoms with van der Waals surface area (Å²) < 4.78 is 0. The minimum absolute atomic E-state index is 0.283. The molecular weight excluding hydrogens is 226 g/mol. The number of rotatable bonds is 4. The summed E-state index contributed by atoms with van der Waals surface area (Å²) in [5.74, 6) is 0.207. The Bertz CT molecular complexity index is 407. The van der Waals surface area contributed by atoms with E-state index in [1.54, 1.807) is 4.90 Å². The van der Waals surface area contributed by atoms with E-state index in [-0.39, 0.29) is 18.2 Å². The number of aliphatic hydroxyl groups excluding tert-OH is 2. The minimum atomic E-state index is -0.800. The standard InChI is InChI=1S/C9H15N5O3/c10-9-13-8(17)6-7(12-4-11-6)14(9)2-1-5(16)3-15/h4-5,9,15-16H,1-3,10H2,(H,11,12)(H,13,17). The van der Waals surface area contributed by atoms with Crippen LogP contribution in [0.3, 0.4) is 0 Å². The zero-order valence-corrected chi connectivity index (χ0v) is 9.13. The Balaban J connectivity index is 2.12. The molecule has 8 nitrogen and oxygen atoms in total. The van der Waals surface area contributed by atoms with Gasteiger partial charge in [-0.05, 0) is 6.42 Å². The molecule has 0 aromatic carbocycles. The number of nitrogens with two attached hydrogens (primary N) is 1. The van der Waals surface area contributed by atoms with Crippen LogP contribution in [0.15, 0.2) is 6.33 Å². The van der Waals surface area contributed by atoms with Crippen molar-refractivity contribution < 1.29 is 15.0 Å². The van der Waals surface area contributed by atoms with Crippen LogP contribution in [-0.4, -0.2) is 51.6 Å². The number of nitrogens with one attached hydrogen (secondary N) is 2. The fourth-order valence-electron chi connectivity index (χ4n) is 1.72. The topological polar surface area (TPSA) is 127 Å². The van der Waals surface area contributed by atoms with Gasteiger partial charge in [0, 0.05) is 6.54 Å². The molecule has 0 saturated heterocycles. The lowest BCUT2D eigenvalue weighted by Gasteiger charge is -2.34. The van der Waals surface area contributed by atoms with Crippen LogP contribution < -0.4 is 16.0 Å². The number of anilines is 1. The van der Waals surface area contributed by atoms with Crippen molar-refractivity contribution in [2.75, 3.05) is 18.1 Å². The molecule has 0 radical (unpaired) electrons. The number of carbonyl (C=O) groups excluding carboxylic acids is 1. The quantitative estimate of drug-likeness (QED) is 0.412. The molecule has 0 aliphatic carbocycles. The summed E-state index contributed by atoms with van der Waals surface area (Å²) in [4.78, 5) is 19.9. The van der Waals surface area contributed by atoms with Gasteiger partial charge in [-0.2, -0.15) is 0 Å². The molecule has 0 saturated carbocycles. The van der Waals surface area contributed by atoms with Gasteiger partial charge >= 0.3 is 0 Å². The first kappa shape index (κ1) is 11.8. The van der Waals surface area contributed by atoms with Gasteiger partial charge < -0.3 is 25.4 Å². The van der Waals surface area contributed by atoms with Gasteiger partial charge in [0.25, 0.3) is 5.91 Å². The van der Waals surface area contributed by atoms with Crippen molar-refractivity contribution in [1.29, 1.82) is 0 Å². The van der Waals surface area contributed by atoms with Gasteiger partial charge in [0.05, 0.1) is 19.0 Å². The summed E-state index contributed by atoms with van der Waals surface area (Å²) in [6, 6.07) is 0. The molecule has 2 atom stereocenters. The van der Waals surface area contributed by atoms with Crippen LogP contribution in [0.4, 0.5) is 5.82 Å². The summed E-state index contributed by atoms with van der Waals surface area (Å²) >= 11 is 0. The van der Waals surface area contributed by atoms with E-state index in [1.165, 1.54) is 6.33 Å². The third-order valence-corrected chi connectivity index (χ3v) is 2.65. The molecule has 1 aliphatic heterocycles. The molecule has 0 fully saturated rings. The molecule has 0 bridgehead atoms. The first-order chi connectivity index (χ1) is 8.13. The van der Waals surface area contributed by atoms with Crippen LogP contribution in [0, 0.1) is 0 Å². The highest BCUT2D eigenvalue weighted by Gasteiger charge is 2.30. The van der Waals surface area contributed by atoms with Crippen molar-refractivity contribution in [2.24, 2.45) is 5.73 Å². The Hall–Kier alpha value is -1.64. The number of H-pyrrole nitrogens is 1. The van der Waals surface area contributed by atoms with Crippen molar-refractivity contribution in [1.82, 2.24) is 15.3 Å². The Labute approximate surface area is 97.4 Å². The molecule has 1 aromatic heterocycles. The fraction of sp³-hybridized carbons (Fsp3) is 0.556. The van der Waals surface area contributed by atoms with Gasteiger partial charge in [0.2, 0.25) is 0 Å². The van der Waals surface area contributed by atoms with E-state index < -0.39 is 12.4 Å². The average Bonchev–Trinajstić information content (AvgIpc) is 2.77. The third-order valence-electron chi connectivity index (χ3n) is 2.65. The predicted molar refractivity (Wildman–Crippen MR) is 59.1 cm³/mol. The maximum absolute atomic E-state index is 11.5. The number of carbonyl (C=O) groups is 1. The van der Waals surface area contributed by atoms with Crippen molar-refractivity contribution in [3.05, 3.63) is 12.0 Å². The normalized spacial score (nSPS) is 21.0. The highest BCUT2D eigenvalue weighted by Crippen LogP contribution is 2.21. The van der Waals surface area contributed by atoms with Crippen LogP contribution in [0.25, 0.3) is 0 Å². The van der Waals surface area contributed by atoms with E-state index in [9.17, 15) is 9.90 Å². The van der Waals surface area contributed by atoms with Crippen LogP contribution in [0.2, 0.25) is 0 Å². The molecule has 94 valence electrons. The maximum atomic E-state index is 11.5. The van der Waals surface area contributed by atoms with Crippen LogP contribution in [0.5, 0.6) is 0 Å². The van der Waals surface area contributed by atoms with Crippen molar-refractivity contribution in [3.63, 3.8) is 0 Å². The second-order valence-corrected chi connectivity index (χ2v) is 3.84. The molecule has 1 aliphatic rings. The number of nitrogens with zero attached hydrogens (tertiary/aromatic N) is 2. The second-order valence-electron chi connectivity index (χ2n) is 3.84. The number of hydrogen-bond donors (Lipinski definition) is 5. The van der Waals surface area contributed by atoms with Gasteiger partial charge in [-0.15, -0.1) is 0 Å². The number of amides is 1. The zero-order valence-electron chi connectivity index (χ0n) is 9.13. The lowest BCUT2D eigenvalue weighted by molar-refractivity contribution is 0.0870. The Morgan fingerprint density at radius 1 is 1.65 bits per heavy atom. The summed E-state index contributed by atoms with van der Waals surface area (Å²) in [5, 5.41) is 20.6. The smallest absolute Gasteiger partial charge is 0.276 e. The third kappa shape index (κ3) is 2.23. The molecule has 6 N–H and O–H groups in total. The van der Waals surface area contributed by atoms with Crippen LogP contribution in [0.1, 0.15) is 16.9 Å². The number of aromatic nitrogens is 2. The fourth-order valence-corrected chi connectivity index (χ4v) is 1.72. The first-order valence-corrected chi connectivity index (χ1v) is 5.29. The second kappa shape index (κ2) is 4.70. The molecule has 8 heteroatoms. The first-order valence-electron chi connectivity index (χ1n) is 5.29. The van der Waals surface area contributed by atoms with E-state index in [2.05, 4.69) is 15.3 Å². The largest absolute Gasteiger partial charge is 0.394 e. The Morgan fingerprint density at radius 2 is 2.41 bits per heavy atom. The molecule has 2 unspecified atom stereocenters. The molecule has 0 spiro atoms. The number of aliphatic hydroxyl groups is 2. The zero-order chi connectivity index (χ0) is 12.4. The SMILES string of the molecule is NC1NC(=O)c2nc[nH]c2N1CCC(O)CO. The van der Waals surface area contributed by atoms with Crippen LogP contribution in [-0.2, 0) is 0 Å². The average molecular weight is 241 g/mol. The number of aromatic amines is 1. The Morgan fingerprint density at radius 3 is 3.12 bits per heavy atom. The Kier molecular flexibility index (Phi) is 3.27. The van der Waals surface area contributed by atoms with E-state index in [4.69, 9.17) is 10.8 Å². The van der Waals surface area contributed by atoms with E-state index in [0.717, 1.165) is 0 Å². The summed E-state index contributed by atoms with van der Waals surface area (Å²) in [6.45, 7) is 0.101. The number of imidazole rings is 1. The van der Waals surface area contributed by atoms with Crippen molar-refractivity contribution in [3.8, 4) is 0 Å². The van der Waals surface area contributed by atoms with E-state index >= 15 is 0 Å². The van der Waals surface area contributed by atoms with Gasteiger partial charge in [-0.25, -0.2) is 4.98 Å². The summed E-state index contributed by atoms with van der Waals surface area (Å²) in [5.41, 5.74) is 6.06. The molecule has 2 rings (SSSR count). The van der Waals surface area contributed by atoms with Gasteiger partial charge in [-0.1, -0.05) is 0 Å². The van der Waals surface area contributed by atoms with Gasteiger partial charge in [0.15, 0.2) is 12.0 Å². The number of hydrogen-bond acceptors (Lipinski definition) is 6. The highest BCUT2D eigenvalue weighted by atomic mass is 16.3. The maximum Gasteiger partial charge on any atom is 0.276 e. The van der Waals surface area contributed by atoms with Crippen LogP contribution >= 0.6 is 0 Å². The van der Waals surface area contributed by atoms with Gasteiger partial charge in [0.1, 0.15) is 5.82 Å². The minimum Gasteiger partial charge on any atom is -0.394 e. The molecule has 1 aromatic rings. The monoisotopic (exact) mass is 241 g/mol.